The van der Waals surface area contributed by atoms with E-state index in [0.717, 1.165) is 56.7 Å². The lowest BCUT2D eigenvalue weighted by atomic mass is 9.83. The Labute approximate surface area is 158 Å². The highest BCUT2D eigenvalue weighted by atomic mass is 16.5. The van der Waals surface area contributed by atoms with Gasteiger partial charge in [0.1, 0.15) is 5.60 Å². The number of rotatable bonds is 2. The first-order chi connectivity index (χ1) is 13.2. The van der Waals surface area contributed by atoms with E-state index in [-0.39, 0.29) is 5.60 Å². The second-order valence-corrected chi connectivity index (χ2v) is 7.51. The third-order valence-electron chi connectivity index (χ3n) is 5.78. The number of hydrogen-bond acceptors (Lipinski definition) is 6. The highest BCUT2D eigenvalue weighted by molar-refractivity contribution is 5.78. The predicted molar refractivity (Wildman–Crippen MR) is 104 cm³/mol. The number of piperidine rings is 1. The SMILES string of the molecule is Nc1ncc2c(n1)C1(CCN(Cc3cnc4ccccc4c3)CC1)OCC2. The van der Waals surface area contributed by atoms with Gasteiger partial charge in [-0.05, 0) is 42.5 Å². The first-order valence-corrected chi connectivity index (χ1v) is 9.54. The second-order valence-electron chi connectivity index (χ2n) is 7.51. The molecule has 0 amide bonds. The zero-order valence-corrected chi connectivity index (χ0v) is 15.3. The van der Waals surface area contributed by atoms with Crippen LogP contribution >= 0.6 is 0 Å². The summed E-state index contributed by atoms with van der Waals surface area (Å²) < 4.78 is 6.26. The minimum absolute atomic E-state index is 0.303. The number of benzene rings is 1. The highest BCUT2D eigenvalue weighted by Gasteiger charge is 2.42. The largest absolute Gasteiger partial charge is 0.368 e. The Morgan fingerprint density at radius 1 is 1.11 bits per heavy atom. The summed E-state index contributed by atoms with van der Waals surface area (Å²) in [5.74, 6) is 0.336. The van der Waals surface area contributed by atoms with Crippen molar-refractivity contribution >= 4 is 16.9 Å². The monoisotopic (exact) mass is 361 g/mol. The molecule has 6 heteroatoms. The number of para-hydroxylation sites is 1. The quantitative estimate of drug-likeness (QED) is 0.756. The molecule has 0 bridgehead atoms. The number of fused-ring (bicyclic) bond motifs is 3. The molecule has 1 fully saturated rings. The normalized spacial score (nSPS) is 19.3. The standard InChI is InChI=1S/C21H23N5O/c22-20-24-13-17-5-10-27-21(19(17)25-20)6-8-26(9-7-21)14-15-11-16-3-1-2-4-18(16)23-12-15/h1-4,11-13H,5-10,14H2,(H2,22,24,25). The summed E-state index contributed by atoms with van der Waals surface area (Å²) in [5.41, 5.74) is 10.0. The van der Waals surface area contributed by atoms with Crippen molar-refractivity contribution in [1.29, 1.82) is 0 Å². The maximum Gasteiger partial charge on any atom is 0.220 e. The van der Waals surface area contributed by atoms with Gasteiger partial charge in [0.05, 0.1) is 17.8 Å². The van der Waals surface area contributed by atoms with Crippen LogP contribution in [0.5, 0.6) is 0 Å². The van der Waals surface area contributed by atoms with Crippen LogP contribution in [0.3, 0.4) is 0 Å². The van der Waals surface area contributed by atoms with Gasteiger partial charge in [-0.25, -0.2) is 9.97 Å². The van der Waals surface area contributed by atoms with Gasteiger partial charge >= 0.3 is 0 Å². The fraction of sp³-hybridized carbons (Fsp3) is 0.381. The number of nitrogens with two attached hydrogens (primary N) is 1. The highest BCUT2D eigenvalue weighted by Crippen LogP contribution is 2.40. The van der Waals surface area contributed by atoms with Gasteiger partial charge in [-0.15, -0.1) is 0 Å². The summed E-state index contributed by atoms with van der Waals surface area (Å²) >= 11 is 0. The van der Waals surface area contributed by atoms with Gasteiger partial charge in [-0.2, -0.15) is 0 Å². The maximum absolute atomic E-state index is 6.26. The van der Waals surface area contributed by atoms with Crippen molar-refractivity contribution in [3.63, 3.8) is 0 Å². The van der Waals surface area contributed by atoms with E-state index >= 15 is 0 Å². The van der Waals surface area contributed by atoms with E-state index in [1.807, 2.05) is 18.5 Å². The van der Waals surface area contributed by atoms with E-state index < -0.39 is 0 Å². The number of nitrogens with zero attached hydrogens (tertiary/aromatic N) is 4. The van der Waals surface area contributed by atoms with E-state index in [1.165, 1.54) is 16.5 Å². The van der Waals surface area contributed by atoms with E-state index in [1.54, 1.807) is 0 Å². The number of aromatic nitrogens is 3. The first-order valence-electron chi connectivity index (χ1n) is 9.54. The smallest absolute Gasteiger partial charge is 0.220 e. The van der Waals surface area contributed by atoms with Crippen molar-refractivity contribution in [3.8, 4) is 0 Å². The van der Waals surface area contributed by atoms with Crippen LogP contribution in [-0.2, 0) is 23.3 Å². The second kappa shape index (κ2) is 6.55. The Morgan fingerprint density at radius 3 is 2.85 bits per heavy atom. The number of ether oxygens (including phenoxy) is 1. The molecule has 0 aliphatic carbocycles. The molecule has 0 radical (unpaired) electrons. The molecule has 2 N–H and O–H groups in total. The van der Waals surface area contributed by atoms with Gasteiger partial charge in [-0.1, -0.05) is 18.2 Å². The molecular formula is C21H23N5O. The topological polar surface area (TPSA) is 77.2 Å². The molecule has 1 spiro atoms. The van der Waals surface area contributed by atoms with Gasteiger partial charge in [-0.3, -0.25) is 9.88 Å². The first kappa shape index (κ1) is 16.6. The van der Waals surface area contributed by atoms with Crippen molar-refractivity contribution in [2.24, 2.45) is 0 Å². The molecule has 2 aromatic heterocycles. The number of hydrogen-bond donors (Lipinski definition) is 1. The van der Waals surface area contributed by atoms with Crippen molar-refractivity contribution in [3.05, 3.63) is 59.5 Å². The summed E-state index contributed by atoms with van der Waals surface area (Å²) in [7, 11) is 0. The van der Waals surface area contributed by atoms with Crippen LogP contribution in [0, 0.1) is 0 Å². The molecule has 2 aliphatic heterocycles. The van der Waals surface area contributed by atoms with E-state index in [0.29, 0.717) is 5.95 Å². The molecule has 6 nitrogen and oxygen atoms in total. The van der Waals surface area contributed by atoms with Crippen LogP contribution in [0.4, 0.5) is 5.95 Å². The molecule has 0 saturated carbocycles. The van der Waals surface area contributed by atoms with Crippen LogP contribution in [0.2, 0.25) is 0 Å². The number of pyridine rings is 1. The van der Waals surface area contributed by atoms with Gasteiger partial charge in [0.25, 0.3) is 0 Å². The molecule has 1 aromatic carbocycles. The van der Waals surface area contributed by atoms with Gasteiger partial charge < -0.3 is 10.5 Å². The minimum atomic E-state index is -0.303. The van der Waals surface area contributed by atoms with Crippen molar-refractivity contribution in [1.82, 2.24) is 19.9 Å². The molecule has 0 unspecified atom stereocenters. The van der Waals surface area contributed by atoms with Crippen LogP contribution in [0.25, 0.3) is 10.9 Å². The number of nitrogen functional groups attached to an aromatic ring is 1. The lowest BCUT2D eigenvalue weighted by molar-refractivity contribution is -0.102. The molecule has 0 atom stereocenters. The predicted octanol–water partition coefficient (Wildman–Crippen LogP) is 2.67. The molecule has 138 valence electrons. The van der Waals surface area contributed by atoms with E-state index in [2.05, 4.69) is 44.1 Å². The van der Waals surface area contributed by atoms with Crippen LogP contribution < -0.4 is 5.73 Å². The molecule has 3 aromatic rings. The Balaban J connectivity index is 1.32. The lowest BCUT2D eigenvalue weighted by Crippen LogP contribution is -2.47. The average molecular weight is 361 g/mol. The van der Waals surface area contributed by atoms with Crippen molar-refractivity contribution in [2.75, 3.05) is 25.4 Å². The zero-order chi connectivity index (χ0) is 18.3. The fourth-order valence-corrected chi connectivity index (χ4v) is 4.34. The summed E-state index contributed by atoms with van der Waals surface area (Å²) in [4.78, 5) is 15.8. The van der Waals surface area contributed by atoms with Crippen LogP contribution in [-0.4, -0.2) is 39.5 Å². The molecule has 4 heterocycles. The Hall–Kier alpha value is -2.57. The Morgan fingerprint density at radius 2 is 1.96 bits per heavy atom. The van der Waals surface area contributed by atoms with Gasteiger partial charge in [0, 0.05) is 37.4 Å². The summed E-state index contributed by atoms with van der Waals surface area (Å²) in [6.07, 6.45) is 6.58. The van der Waals surface area contributed by atoms with Crippen LogP contribution in [0.1, 0.15) is 29.7 Å². The zero-order valence-electron chi connectivity index (χ0n) is 15.3. The van der Waals surface area contributed by atoms with E-state index in [9.17, 15) is 0 Å². The van der Waals surface area contributed by atoms with Crippen LogP contribution in [0.15, 0.2) is 42.7 Å². The molecule has 1 saturated heterocycles. The third kappa shape index (κ3) is 3.05. The summed E-state index contributed by atoms with van der Waals surface area (Å²) in [6, 6.07) is 10.5. The fourth-order valence-electron chi connectivity index (χ4n) is 4.34. The lowest BCUT2D eigenvalue weighted by Gasteiger charge is -2.44. The average Bonchev–Trinajstić information content (AvgIpc) is 2.70. The van der Waals surface area contributed by atoms with E-state index in [4.69, 9.17) is 10.5 Å². The Bertz CT molecular complexity index is 981. The van der Waals surface area contributed by atoms with Gasteiger partial charge in [0.15, 0.2) is 0 Å². The summed E-state index contributed by atoms with van der Waals surface area (Å²) in [5, 5.41) is 1.19. The van der Waals surface area contributed by atoms with Crippen molar-refractivity contribution < 1.29 is 4.74 Å². The molecular weight excluding hydrogens is 338 g/mol. The number of likely N-dealkylation sites (tertiary alicyclic amines) is 1. The molecule has 2 aliphatic rings. The minimum Gasteiger partial charge on any atom is -0.368 e. The van der Waals surface area contributed by atoms with Crippen molar-refractivity contribution in [2.45, 2.75) is 31.4 Å². The maximum atomic E-state index is 6.26. The Kier molecular flexibility index (Phi) is 4.02. The summed E-state index contributed by atoms with van der Waals surface area (Å²) in [6.45, 7) is 3.58. The number of anilines is 1. The molecule has 5 rings (SSSR count). The third-order valence-corrected chi connectivity index (χ3v) is 5.78. The molecule has 27 heavy (non-hydrogen) atoms. The van der Waals surface area contributed by atoms with Gasteiger partial charge in [0.2, 0.25) is 5.95 Å².